The topological polar surface area (TPSA) is 76.2 Å². The Morgan fingerprint density at radius 3 is 2.35 bits per heavy atom. The fourth-order valence-electron chi connectivity index (χ4n) is 4.61. The van der Waals surface area contributed by atoms with E-state index in [2.05, 4.69) is 0 Å². The Kier molecular flexibility index (Phi) is 4.88. The molecule has 7 heteroatoms. The van der Waals surface area contributed by atoms with Gasteiger partial charge in [-0.05, 0) is 48.7 Å². The Morgan fingerprint density at radius 1 is 1.03 bits per heavy atom. The first kappa shape index (κ1) is 19.6. The highest BCUT2D eigenvalue weighted by Gasteiger charge is 2.36. The highest BCUT2D eigenvalue weighted by molar-refractivity contribution is 6.21. The van der Waals surface area contributed by atoms with Crippen molar-refractivity contribution in [2.24, 2.45) is 0 Å². The smallest absolute Gasteiger partial charge is 0.261 e. The summed E-state index contributed by atoms with van der Waals surface area (Å²) in [4.78, 5) is 41.1. The fourth-order valence-corrected chi connectivity index (χ4v) is 4.61. The van der Waals surface area contributed by atoms with E-state index in [4.69, 9.17) is 9.47 Å². The van der Waals surface area contributed by atoms with Gasteiger partial charge in [0.05, 0.1) is 30.4 Å². The summed E-state index contributed by atoms with van der Waals surface area (Å²) in [6.07, 6.45) is 1.68. The molecule has 3 heterocycles. The van der Waals surface area contributed by atoms with Crippen LogP contribution in [0.1, 0.15) is 57.7 Å². The number of fused-ring (bicyclic) bond motifs is 3. The lowest BCUT2D eigenvalue weighted by Crippen LogP contribution is -2.41. The van der Waals surface area contributed by atoms with Gasteiger partial charge in [0.2, 0.25) is 5.91 Å². The summed E-state index contributed by atoms with van der Waals surface area (Å²) < 4.78 is 11.6. The van der Waals surface area contributed by atoms with Crippen molar-refractivity contribution >= 4 is 17.7 Å². The number of hydrogen-bond donors (Lipinski definition) is 0. The number of nitrogens with zero attached hydrogens (tertiary/aromatic N) is 2. The average Bonchev–Trinajstić information content (AvgIpc) is 2.92. The molecule has 2 aromatic rings. The first-order valence-electron chi connectivity index (χ1n) is 10.7. The largest absolute Gasteiger partial charge is 0.490 e. The summed E-state index contributed by atoms with van der Waals surface area (Å²) in [6, 6.07) is 10.7. The molecule has 0 spiro atoms. The van der Waals surface area contributed by atoms with Crippen molar-refractivity contribution < 1.29 is 23.9 Å². The third kappa shape index (κ3) is 3.34. The lowest BCUT2D eigenvalue weighted by Gasteiger charge is -2.36. The minimum atomic E-state index is -0.328. The van der Waals surface area contributed by atoms with Crippen molar-refractivity contribution in [2.75, 3.05) is 26.3 Å². The zero-order chi connectivity index (χ0) is 21.5. The molecule has 0 fully saturated rings. The molecule has 3 aliphatic rings. The first-order valence-corrected chi connectivity index (χ1v) is 10.7. The van der Waals surface area contributed by atoms with E-state index in [0.717, 1.165) is 29.9 Å². The van der Waals surface area contributed by atoms with Gasteiger partial charge in [0.25, 0.3) is 11.8 Å². The standard InChI is InChI=1S/C24H24N2O5/c1-15-19-14-21-20(30-11-4-12-31-21)13-16(19)7-9-25(15)22(27)8-10-26-23(28)17-5-2-3-6-18(17)24(26)29/h2-3,5-6,13-15H,4,7-12H2,1H3. The molecule has 1 unspecified atom stereocenters. The third-order valence-corrected chi connectivity index (χ3v) is 6.30. The van der Waals surface area contributed by atoms with Gasteiger partial charge in [0.15, 0.2) is 11.5 Å². The maximum Gasteiger partial charge on any atom is 0.261 e. The summed E-state index contributed by atoms with van der Waals surface area (Å²) in [5.74, 6) is 0.773. The van der Waals surface area contributed by atoms with Crippen LogP contribution in [-0.2, 0) is 11.2 Å². The van der Waals surface area contributed by atoms with Crippen molar-refractivity contribution in [1.29, 1.82) is 0 Å². The normalized spacial score (nSPS) is 19.7. The molecule has 0 radical (unpaired) electrons. The van der Waals surface area contributed by atoms with E-state index in [1.54, 1.807) is 24.3 Å². The maximum atomic E-state index is 13.0. The molecule has 0 saturated heterocycles. The Balaban J connectivity index is 1.29. The summed E-state index contributed by atoms with van der Waals surface area (Å²) in [6.45, 7) is 3.94. The monoisotopic (exact) mass is 420 g/mol. The Morgan fingerprint density at radius 2 is 1.68 bits per heavy atom. The number of imide groups is 1. The minimum Gasteiger partial charge on any atom is -0.490 e. The van der Waals surface area contributed by atoms with Crippen molar-refractivity contribution in [3.8, 4) is 11.5 Å². The minimum absolute atomic E-state index is 0.0678. The van der Waals surface area contributed by atoms with E-state index in [-0.39, 0.29) is 36.7 Å². The van der Waals surface area contributed by atoms with E-state index in [1.807, 2.05) is 24.0 Å². The predicted octanol–water partition coefficient (Wildman–Crippen LogP) is 2.98. The van der Waals surface area contributed by atoms with Gasteiger partial charge in [-0.25, -0.2) is 0 Å². The third-order valence-electron chi connectivity index (χ3n) is 6.30. The molecule has 0 saturated carbocycles. The quantitative estimate of drug-likeness (QED) is 0.714. The lowest BCUT2D eigenvalue weighted by atomic mass is 9.92. The SMILES string of the molecule is CC1c2cc3c(cc2CCN1C(=O)CCN1C(=O)c2ccccc2C1=O)OCCCO3. The molecule has 31 heavy (non-hydrogen) atoms. The summed E-state index contributed by atoms with van der Waals surface area (Å²) in [7, 11) is 0. The number of benzene rings is 2. The Bertz CT molecular complexity index is 1040. The first-order chi connectivity index (χ1) is 15.0. The van der Waals surface area contributed by atoms with Crippen LogP contribution in [0, 0.1) is 0 Å². The van der Waals surface area contributed by atoms with Gasteiger partial charge in [-0.2, -0.15) is 0 Å². The highest BCUT2D eigenvalue weighted by Crippen LogP contribution is 2.39. The zero-order valence-corrected chi connectivity index (χ0v) is 17.4. The van der Waals surface area contributed by atoms with Gasteiger partial charge in [-0.15, -0.1) is 0 Å². The second kappa shape index (κ2) is 7.72. The van der Waals surface area contributed by atoms with E-state index in [9.17, 15) is 14.4 Å². The van der Waals surface area contributed by atoms with Gasteiger partial charge >= 0.3 is 0 Å². The average molecular weight is 420 g/mol. The molecule has 2 aromatic carbocycles. The van der Waals surface area contributed by atoms with E-state index >= 15 is 0 Å². The van der Waals surface area contributed by atoms with Crippen LogP contribution in [0.15, 0.2) is 36.4 Å². The van der Waals surface area contributed by atoms with Gasteiger partial charge in [0, 0.05) is 25.9 Å². The van der Waals surface area contributed by atoms with E-state index in [1.165, 1.54) is 10.5 Å². The highest BCUT2D eigenvalue weighted by atomic mass is 16.5. The van der Waals surface area contributed by atoms with Crippen LogP contribution in [0.3, 0.4) is 0 Å². The molecular formula is C24H24N2O5. The van der Waals surface area contributed by atoms with Crippen LogP contribution in [0.4, 0.5) is 0 Å². The van der Waals surface area contributed by atoms with Gasteiger partial charge < -0.3 is 14.4 Å². The number of carbonyl (C=O) groups excluding carboxylic acids is 3. The number of rotatable bonds is 3. The number of ether oxygens (including phenoxy) is 2. The Hall–Kier alpha value is -3.35. The molecule has 160 valence electrons. The van der Waals surface area contributed by atoms with Crippen LogP contribution in [0.2, 0.25) is 0 Å². The molecule has 0 aromatic heterocycles. The molecule has 3 aliphatic heterocycles. The summed E-state index contributed by atoms with van der Waals surface area (Å²) in [5, 5.41) is 0. The lowest BCUT2D eigenvalue weighted by molar-refractivity contribution is -0.133. The van der Waals surface area contributed by atoms with Crippen LogP contribution in [0.25, 0.3) is 0 Å². The van der Waals surface area contributed by atoms with Crippen LogP contribution >= 0.6 is 0 Å². The molecule has 3 amide bonds. The molecular weight excluding hydrogens is 396 g/mol. The van der Waals surface area contributed by atoms with E-state index < -0.39 is 0 Å². The van der Waals surface area contributed by atoms with Crippen molar-refractivity contribution in [3.63, 3.8) is 0 Å². The molecule has 7 nitrogen and oxygen atoms in total. The van der Waals surface area contributed by atoms with Gasteiger partial charge in [0.1, 0.15) is 0 Å². The second-order valence-electron chi connectivity index (χ2n) is 8.12. The van der Waals surface area contributed by atoms with Crippen LogP contribution in [-0.4, -0.2) is 53.8 Å². The van der Waals surface area contributed by atoms with E-state index in [0.29, 0.717) is 30.9 Å². The van der Waals surface area contributed by atoms with Crippen molar-refractivity contribution in [2.45, 2.75) is 32.2 Å². The Labute approximate surface area is 180 Å². The number of hydrogen-bond acceptors (Lipinski definition) is 5. The van der Waals surface area contributed by atoms with Gasteiger partial charge in [-0.3, -0.25) is 19.3 Å². The molecule has 0 aliphatic carbocycles. The summed E-state index contributed by atoms with van der Waals surface area (Å²) >= 11 is 0. The van der Waals surface area contributed by atoms with Crippen molar-refractivity contribution in [1.82, 2.24) is 9.80 Å². The van der Waals surface area contributed by atoms with Crippen LogP contribution in [0.5, 0.6) is 11.5 Å². The zero-order valence-electron chi connectivity index (χ0n) is 17.4. The molecule has 0 bridgehead atoms. The fraction of sp³-hybridized carbons (Fsp3) is 0.375. The molecule has 5 rings (SSSR count). The number of carbonyl (C=O) groups is 3. The molecule has 0 N–H and O–H groups in total. The maximum absolute atomic E-state index is 13.0. The van der Waals surface area contributed by atoms with Crippen molar-refractivity contribution in [3.05, 3.63) is 58.7 Å². The van der Waals surface area contributed by atoms with Gasteiger partial charge in [-0.1, -0.05) is 12.1 Å². The number of amides is 3. The molecule has 1 atom stereocenters. The summed E-state index contributed by atoms with van der Waals surface area (Å²) in [5.41, 5.74) is 3.04. The second-order valence-corrected chi connectivity index (χ2v) is 8.12. The van der Waals surface area contributed by atoms with Crippen LogP contribution < -0.4 is 9.47 Å². The predicted molar refractivity (Wildman–Crippen MR) is 112 cm³/mol.